The summed E-state index contributed by atoms with van der Waals surface area (Å²) in [4.78, 5) is 2.22. The van der Waals surface area contributed by atoms with Crippen LogP contribution in [0.5, 0.6) is 17.2 Å². The highest BCUT2D eigenvalue weighted by atomic mass is 35.5. The zero-order valence-electron chi connectivity index (χ0n) is 19.1. The summed E-state index contributed by atoms with van der Waals surface area (Å²) in [6.45, 7) is 4.55. The number of fused-ring (bicyclic) bond motifs is 1. The van der Waals surface area contributed by atoms with E-state index in [9.17, 15) is 8.42 Å². The van der Waals surface area contributed by atoms with Gasteiger partial charge >= 0.3 is 0 Å². The molecule has 0 atom stereocenters. The molecule has 2 aromatic carbocycles. The molecular formula is C23H27ClN2O5S2. The molecule has 1 fully saturated rings. The van der Waals surface area contributed by atoms with Crippen molar-refractivity contribution in [3.05, 3.63) is 46.5 Å². The number of hydrogen-bond donors (Lipinski definition) is 0. The van der Waals surface area contributed by atoms with Crippen LogP contribution >= 0.6 is 22.9 Å². The molecule has 1 aliphatic heterocycles. The second-order valence-electron chi connectivity index (χ2n) is 7.83. The number of rotatable bonds is 7. The number of hydrogen-bond acceptors (Lipinski definition) is 7. The number of nitrogens with zero attached hydrogens (tertiary/aromatic N) is 2. The molecule has 0 aliphatic carbocycles. The lowest BCUT2D eigenvalue weighted by Crippen LogP contribution is -2.48. The Morgan fingerprint density at radius 2 is 1.67 bits per heavy atom. The summed E-state index contributed by atoms with van der Waals surface area (Å²) in [6.07, 6.45) is 0. The SMILES string of the molecule is COc1ccc(CN2CCN(S(=O)(=O)c3sc4ccc(Cl)cc4c3C)CC2)c(OC)c1OC. The van der Waals surface area contributed by atoms with Gasteiger partial charge in [0.2, 0.25) is 5.75 Å². The Balaban J connectivity index is 1.50. The summed E-state index contributed by atoms with van der Waals surface area (Å²) < 4.78 is 46.2. The van der Waals surface area contributed by atoms with E-state index in [0.717, 1.165) is 21.2 Å². The summed E-state index contributed by atoms with van der Waals surface area (Å²) in [5.41, 5.74) is 1.72. The minimum Gasteiger partial charge on any atom is -0.493 e. The zero-order valence-corrected chi connectivity index (χ0v) is 21.4. The molecule has 178 valence electrons. The Morgan fingerprint density at radius 1 is 0.970 bits per heavy atom. The second kappa shape index (κ2) is 9.68. The number of benzene rings is 2. The molecule has 0 amide bonds. The lowest BCUT2D eigenvalue weighted by atomic mass is 10.1. The van der Waals surface area contributed by atoms with Crippen molar-refractivity contribution in [1.29, 1.82) is 0 Å². The van der Waals surface area contributed by atoms with Crippen molar-refractivity contribution in [2.24, 2.45) is 0 Å². The van der Waals surface area contributed by atoms with Crippen LogP contribution in [0.3, 0.4) is 0 Å². The van der Waals surface area contributed by atoms with Crippen LogP contribution in [0.1, 0.15) is 11.1 Å². The average molecular weight is 511 g/mol. The van der Waals surface area contributed by atoms with Gasteiger partial charge in [-0.25, -0.2) is 8.42 Å². The van der Waals surface area contributed by atoms with Crippen LogP contribution in [0.2, 0.25) is 5.02 Å². The highest BCUT2D eigenvalue weighted by molar-refractivity contribution is 7.91. The van der Waals surface area contributed by atoms with Crippen molar-refractivity contribution in [3.63, 3.8) is 0 Å². The quantitative estimate of drug-likeness (QED) is 0.469. The number of ether oxygens (including phenoxy) is 3. The normalized spacial score (nSPS) is 15.7. The molecule has 0 radical (unpaired) electrons. The third-order valence-electron chi connectivity index (χ3n) is 5.94. The first kappa shape index (κ1) is 24.1. The van der Waals surface area contributed by atoms with Crippen molar-refractivity contribution in [1.82, 2.24) is 9.21 Å². The number of thiophene rings is 1. The monoisotopic (exact) mass is 510 g/mol. The van der Waals surface area contributed by atoms with Gasteiger partial charge in [0.15, 0.2) is 11.5 Å². The van der Waals surface area contributed by atoms with E-state index in [4.69, 9.17) is 25.8 Å². The smallest absolute Gasteiger partial charge is 0.252 e. The number of aryl methyl sites for hydroxylation is 1. The largest absolute Gasteiger partial charge is 0.493 e. The van der Waals surface area contributed by atoms with Gasteiger partial charge in [-0.3, -0.25) is 4.90 Å². The van der Waals surface area contributed by atoms with Crippen LogP contribution in [0.4, 0.5) is 0 Å². The van der Waals surface area contributed by atoms with Crippen LogP contribution in [0.25, 0.3) is 10.1 Å². The molecule has 33 heavy (non-hydrogen) atoms. The van der Waals surface area contributed by atoms with E-state index in [-0.39, 0.29) is 0 Å². The number of piperazine rings is 1. The maximum Gasteiger partial charge on any atom is 0.252 e. The topological polar surface area (TPSA) is 68.3 Å². The van der Waals surface area contributed by atoms with Gasteiger partial charge < -0.3 is 14.2 Å². The van der Waals surface area contributed by atoms with Crippen LogP contribution in [-0.2, 0) is 16.6 Å². The molecule has 7 nitrogen and oxygen atoms in total. The summed E-state index contributed by atoms with van der Waals surface area (Å²) in [5, 5.41) is 1.50. The molecular weight excluding hydrogens is 484 g/mol. The first-order chi connectivity index (χ1) is 15.8. The predicted molar refractivity (Wildman–Crippen MR) is 132 cm³/mol. The molecule has 0 saturated carbocycles. The second-order valence-corrected chi connectivity index (χ2v) is 11.5. The Labute approximate surface area is 203 Å². The molecule has 2 heterocycles. The van der Waals surface area contributed by atoms with Gasteiger partial charge in [0.05, 0.1) is 21.3 Å². The minimum absolute atomic E-state index is 0.398. The lowest BCUT2D eigenvalue weighted by Gasteiger charge is -2.34. The zero-order chi connectivity index (χ0) is 23.8. The van der Waals surface area contributed by atoms with Crippen molar-refractivity contribution in [2.45, 2.75) is 17.7 Å². The predicted octanol–water partition coefficient (Wildman–Crippen LogP) is 4.40. The van der Waals surface area contributed by atoms with E-state index in [1.807, 2.05) is 31.2 Å². The highest BCUT2D eigenvalue weighted by Gasteiger charge is 2.32. The Bertz CT molecular complexity index is 1270. The molecule has 1 aromatic heterocycles. The first-order valence-electron chi connectivity index (χ1n) is 10.5. The maximum absolute atomic E-state index is 13.4. The number of sulfonamides is 1. The van der Waals surface area contributed by atoms with Gasteiger partial charge in [-0.15, -0.1) is 11.3 Å². The van der Waals surface area contributed by atoms with E-state index in [1.54, 1.807) is 31.7 Å². The standard InChI is InChI=1S/C23H27ClN2O5S2/c1-15-18-13-17(24)6-8-20(18)32-23(15)33(27,28)26-11-9-25(10-12-26)14-16-5-7-19(29-2)22(31-4)21(16)30-3/h5-8,13H,9-12,14H2,1-4H3. The van der Waals surface area contributed by atoms with E-state index >= 15 is 0 Å². The molecule has 3 aromatic rings. The van der Waals surface area contributed by atoms with Gasteiger partial charge in [0.1, 0.15) is 4.21 Å². The fraction of sp³-hybridized carbons (Fsp3) is 0.391. The fourth-order valence-corrected chi connectivity index (χ4v) is 7.67. The number of methoxy groups -OCH3 is 3. The third kappa shape index (κ3) is 4.52. The van der Waals surface area contributed by atoms with Crippen molar-refractivity contribution in [3.8, 4) is 17.2 Å². The molecule has 0 unspecified atom stereocenters. The average Bonchev–Trinajstić information content (AvgIpc) is 3.15. The molecule has 10 heteroatoms. The van der Waals surface area contributed by atoms with Crippen LogP contribution in [-0.4, -0.2) is 65.1 Å². The fourth-order valence-electron chi connectivity index (χ4n) is 4.19. The summed E-state index contributed by atoms with van der Waals surface area (Å²) in [5.74, 6) is 1.79. The molecule has 4 rings (SSSR count). The van der Waals surface area contributed by atoms with E-state index < -0.39 is 10.0 Å². The summed E-state index contributed by atoms with van der Waals surface area (Å²) >= 11 is 7.42. The summed E-state index contributed by atoms with van der Waals surface area (Å²) in [6, 6.07) is 9.30. The van der Waals surface area contributed by atoms with E-state index in [2.05, 4.69) is 4.90 Å². The van der Waals surface area contributed by atoms with Crippen LogP contribution < -0.4 is 14.2 Å². The summed E-state index contributed by atoms with van der Waals surface area (Å²) in [7, 11) is 1.20. The third-order valence-corrected chi connectivity index (χ3v) is 9.94. The molecule has 0 spiro atoms. The Hall–Kier alpha value is -2.04. The molecule has 1 saturated heterocycles. The van der Waals surface area contributed by atoms with Crippen LogP contribution in [0, 0.1) is 6.92 Å². The van der Waals surface area contributed by atoms with Crippen LogP contribution in [0.15, 0.2) is 34.5 Å². The van der Waals surface area contributed by atoms with Crippen molar-refractivity contribution < 1.29 is 22.6 Å². The number of halogens is 1. The van der Waals surface area contributed by atoms with Crippen molar-refractivity contribution in [2.75, 3.05) is 47.5 Å². The molecule has 0 bridgehead atoms. The van der Waals surface area contributed by atoms with Gasteiger partial charge in [-0.05, 0) is 42.1 Å². The molecule has 0 N–H and O–H groups in total. The van der Waals surface area contributed by atoms with Crippen molar-refractivity contribution >= 4 is 43.0 Å². The molecule has 1 aliphatic rings. The lowest BCUT2D eigenvalue weighted by molar-refractivity contribution is 0.179. The van der Waals surface area contributed by atoms with Gasteiger partial charge in [-0.2, -0.15) is 4.31 Å². The van der Waals surface area contributed by atoms with Gasteiger partial charge in [0, 0.05) is 48.0 Å². The Kier molecular flexibility index (Phi) is 7.07. The van der Waals surface area contributed by atoms with Gasteiger partial charge in [-0.1, -0.05) is 17.7 Å². The van der Waals surface area contributed by atoms with E-state index in [1.165, 1.54) is 11.3 Å². The highest BCUT2D eigenvalue weighted by Crippen LogP contribution is 2.41. The minimum atomic E-state index is -3.58. The maximum atomic E-state index is 13.4. The van der Waals surface area contributed by atoms with Gasteiger partial charge in [0.25, 0.3) is 10.0 Å². The Morgan fingerprint density at radius 3 is 2.30 bits per heavy atom. The van der Waals surface area contributed by atoms with E-state index in [0.29, 0.717) is 59.2 Å². The first-order valence-corrected chi connectivity index (χ1v) is 13.1.